The summed E-state index contributed by atoms with van der Waals surface area (Å²) >= 11 is 0. The molecule has 0 aliphatic carbocycles. The zero-order valence-corrected chi connectivity index (χ0v) is 16.6. The van der Waals surface area contributed by atoms with E-state index in [1.165, 1.54) is 0 Å². The Morgan fingerprint density at radius 2 is 1.28 bits per heavy atom. The maximum atomic E-state index is 11.7. The lowest BCUT2D eigenvalue weighted by atomic mass is 9.78. The van der Waals surface area contributed by atoms with E-state index in [1.807, 2.05) is 0 Å². The first kappa shape index (κ1) is 23.7. The summed E-state index contributed by atoms with van der Waals surface area (Å²) in [6, 6.07) is 0. The van der Waals surface area contributed by atoms with Gasteiger partial charge in [-0.3, -0.25) is 0 Å². The normalized spacial score (nSPS) is 15.6. The smallest absolute Gasteiger partial charge is 0.332 e. The molecule has 0 aromatic heterocycles. The van der Waals surface area contributed by atoms with Crippen LogP contribution in [0.5, 0.6) is 0 Å². The molecule has 146 valence electrons. The van der Waals surface area contributed by atoms with Crippen molar-refractivity contribution < 1.29 is 19.8 Å². The van der Waals surface area contributed by atoms with Gasteiger partial charge in [0.15, 0.2) is 0 Å². The Bertz CT molecular complexity index is 396. The summed E-state index contributed by atoms with van der Waals surface area (Å²) in [5.41, 5.74) is 0.0809. The minimum atomic E-state index is -1.16. The SMILES string of the molecule is CCCCC(CC)CC(CC(CC)CCCC)/C(=C/C(=O)O)C(=O)O. The van der Waals surface area contributed by atoms with Gasteiger partial charge in [-0.15, -0.1) is 0 Å². The highest BCUT2D eigenvalue weighted by Gasteiger charge is 2.27. The zero-order chi connectivity index (χ0) is 19.2. The fourth-order valence-corrected chi connectivity index (χ4v) is 3.61. The van der Waals surface area contributed by atoms with Crippen LogP contribution in [0.2, 0.25) is 0 Å². The first-order valence-electron chi connectivity index (χ1n) is 10.1. The van der Waals surface area contributed by atoms with E-state index in [1.54, 1.807) is 0 Å². The van der Waals surface area contributed by atoms with Crippen LogP contribution in [0.3, 0.4) is 0 Å². The molecule has 25 heavy (non-hydrogen) atoms. The molecule has 0 saturated heterocycles. The van der Waals surface area contributed by atoms with Crippen molar-refractivity contribution in [1.82, 2.24) is 0 Å². The van der Waals surface area contributed by atoms with Crippen LogP contribution < -0.4 is 0 Å². The van der Waals surface area contributed by atoms with Crippen LogP contribution in [0.4, 0.5) is 0 Å². The summed E-state index contributed by atoms with van der Waals surface area (Å²) < 4.78 is 0. The van der Waals surface area contributed by atoms with E-state index in [9.17, 15) is 14.7 Å². The van der Waals surface area contributed by atoms with E-state index in [0.29, 0.717) is 11.8 Å². The lowest BCUT2D eigenvalue weighted by Crippen LogP contribution is -2.21. The molecule has 0 aliphatic rings. The molecule has 0 aromatic rings. The second-order valence-electron chi connectivity index (χ2n) is 7.24. The Kier molecular flexibility index (Phi) is 13.2. The summed E-state index contributed by atoms with van der Waals surface area (Å²) in [5.74, 6) is -1.48. The van der Waals surface area contributed by atoms with Crippen molar-refractivity contribution in [3.8, 4) is 0 Å². The predicted octanol–water partition coefficient (Wildman–Crippen LogP) is 5.91. The highest BCUT2D eigenvalue weighted by atomic mass is 16.4. The summed E-state index contributed by atoms with van der Waals surface area (Å²) in [5, 5.41) is 18.7. The second kappa shape index (κ2) is 13.9. The minimum Gasteiger partial charge on any atom is -0.478 e. The molecule has 0 bridgehead atoms. The number of hydrogen-bond donors (Lipinski definition) is 2. The predicted molar refractivity (Wildman–Crippen MR) is 103 cm³/mol. The van der Waals surface area contributed by atoms with Gasteiger partial charge in [-0.2, -0.15) is 0 Å². The second-order valence-corrected chi connectivity index (χ2v) is 7.24. The third-order valence-electron chi connectivity index (χ3n) is 5.29. The van der Waals surface area contributed by atoms with Gasteiger partial charge in [0.25, 0.3) is 0 Å². The van der Waals surface area contributed by atoms with Crippen molar-refractivity contribution in [2.45, 2.75) is 91.9 Å². The number of carbonyl (C=O) groups is 2. The Hall–Kier alpha value is -1.32. The standard InChI is InChI=1S/C21H38O4/c1-5-9-11-16(7-3)13-18(14-17(8-4)12-10-6-2)19(21(24)25)15-20(22)23/h15-18H,5-14H2,1-4H3,(H,22,23)(H,24,25)/b19-15-. The molecule has 0 fully saturated rings. The monoisotopic (exact) mass is 354 g/mol. The fraction of sp³-hybridized carbons (Fsp3) is 0.810. The van der Waals surface area contributed by atoms with Gasteiger partial charge in [-0.1, -0.05) is 79.1 Å². The largest absolute Gasteiger partial charge is 0.478 e. The Labute approximate surface area is 153 Å². The molecule has 0 amide bonds. The van der Waals surface area contributed by atoms with Crippen molar-refractivity contribution in [2.75, 3.05) is 0 Å². The van der Waals surface area contributed by atoms with Gasteiger partial charge < -0.3 is 10.2 Å². The van der Waals surface area contributed by atoms with Gasteiger partial charge in [-0.25, -0.2) is 9.59 Å². The quantitative estimate of drug-likeness (QED) is 0.358. The third-order valence-corrected chi connectivity index (χ3v) is 5.29. The van der Waals surface area contributed by atoms with Gasteiger partial charge in [-0.05, 0) is 30.6 Å². The summed E-state index contributed by atoms with van der Waals surface area (Å²) in [4.78, 5) is 22.8. The van der Waals surface area contributed by atoms with Crippen LogP contribution in [0, 0.1) is 17.8 Å². The number of carboxylic acids is 2. The maximum absolute atomic E-state index is 11.7. The average molecular weight is 355 g/mol. The van der Waals surface area contributed by atoms with Crippen LogP contribution in [0.25, 0.3) is 0 Å². The topological polar surface area (TPSA) is 74.6 Å². The Balaban J connectivity index is 5.37. The van der Waals surface area contributed by atoms with E-state index in [2.05, 4.69) is 27.7 Å². The maximum Gasteiger partial charge on any atom is 0.332 e. The molecule has 2 N–H and O–H groups in total. The molecular formula is C21H38O4. The van der Waals surface area contributed by atoms with Gasteiger partial charge in [0, 0.05) is 11.6 Å². The highest BCUT2D eigenvalue weighted by molar-refractivity contribution is 5.95. The van der Waals surface area contributed by atoms with Crippen molar-refractivity contribution in [1.29, 1.82) is 0 Å². The number of unbranched alkanes of at least 4 members (excludes halogenated alkanes) is 2. The fourth-order valence-electron chi connectivity index (χ4n) is 3.61. The van der Waals surface area contributed by atoms with Crippen LogP contribution in [-0.4, -0.2) is 22.2 Å². The van der Waals surface area contributed by atoms with E-state index in [4.69, 9.17) is 5.11 Å². The van der Waals surface area contributed by atoms with E-state index in [-0.39, 0.29) is 11.5 Å². The van der Waals surface area contributed by atoms with Gasteiger partial charge >= 0.3 is 11.9 Å². The molecule has 0 radical (unpaired) electrons. The zero-order valence-electron chi connectivity index (χ0n) is 16.6. The highest BCUT2D eigenvalue weighted by Crippen LogP contribution is 2.33. The first-order chi connectivity index (χ1) is 11.9. The summed E-state index contributed by atoms with van der Waals surface area (Å²) in [7, 11) is 0. The van der Waals surface area contributed by atoms with Crippen molar-refractivity contribution in [3.05, 3.63) is 11.6 Å². The van der Waals surface area contributed by atoms with E-state index in [0.717, 1.165) is 70.3 Å². The first-order valence-corrected chi connectivity index (χ1v) is 10.1. The molecule has 0 saturated carbocycles. The lowest BCUT2D eigenvalue weighted by Gasteiger charge is -2.27. The number of hydrogen-bond acceptors (Lipinski definition) is 2. The number of aliphatic carboxylic acids is 2. The Morgan fingerprint density at radius 3 is 1.56 bits per heavy atom. The molecule has 0 rings (SSSR count). The van der Waals surface area contributed by atoms with E-state index < -0.39 is 11.9 Å². The number of rotatable bonds is 15. The molecule has 4 heteroatoms. The van der Waals surface area contributed by atoms with E-state index >= 15 is 0 Å². The van der Waals surface area contributed by atoms with Crippen molar-refractivity contribution in [2.24, 2.45) is 17.8 Å². The van der Waals surface area contributed by atoms with Crippen LogP contribution in [-0.2, 0) is 9.59 Å². The molecule has 4 nitrogen and oxygen atoms in total. The van der Waals surface area contributed by atoms with Crippen LogP contribution >= 0.6 is 0 Å². The number of carboxylic acid groups (broad SMARTS) is 2. The minimum absolute atomic E-state index is 0.0809. The van der Waals surface area contributed by atoms with Crippen molar-refractivity contribution >= 4 is 11.9 Å². The molecule has 2 atom stereocenters. The van der Waals surface area contributed by atoms with Crippen LogP contribution in [0.15, 0.2) is 11.6 Å². The lowest BCUT2D eigenvalue weighted by molar-refractivity contribution is -0.135. The van der Waals surface area contributed by atoms with Gasteiger partial charge in [0.1, 0.15) is 0 Å². The molecule has 0 aromatic carbocycles. The van der Waals surface area contributed by atoms with Crippen LogP contribution in [0.1, 0.15) is 91.9 Å². The third kappa shape index (κ3) is 10.3. The molecule has 2 unspecified atom stereocenters. The average Bonchev–Trinajstić information content (AvgIpc) is 2.58. The molecule has 0 aliphatic heterocycles. The Morgan fingerprint density at radius 1 is 0.840 bits per heavy atom. The molecule has 0 spiro atoms. The molecule has 0 heterocycles. The van der Waals surface area contributed by atoms with Crippen molar-refractivity contribution in [3.63, 3.8) is 0 Å². The van der Waals surface area contributed by atoms with Gasteiger partial charge in [0.05, 0.1) is 0 Å². The molecular weight excluding hydrogens is 316 g/mol. The summed E-state index contributed by atoms with van der Waals surface area (Å²) in [6.45, 7) is 8.62. The summed E-state index contributed by atoms with van der Waals surface area (Å²) in [6.07, 6.45) is 11.3. The van der Waals surface area contributed by atoms with Gasteiger partial charge in [0.2, 0.25) is 0 Å².